The lowest BCUT2D eigenvalue weighted by molar-refractivity contribution is -0.147. The molecule has 55 heavy (non-hydrogen) atoms. The van der Waals surface area contributed by atoms with Gasteiger partial charge in [0, 0.05) is 57.7 Å². The second-order valence-corrected chi connectivity index (χ2v) is 17.2. The molecule has 3 atom stereocenters. The van der Waals surface area contributed by atoms with Crippen LogP contribution in [0.2, 0.25) is 0 Å². The Balaban J connectivity index is 1.47. The summed E-state index contributed by atoms with van der Waals surface area (Å²) in [5.41, 5.74) is 2.94. The highest BCUT2D eigenvalue weighted by Crippen LogP contribution is 2.34. The number of amides is 4. The average molecular weight is 787 g/mol. The third-order valence-electron chi connectivity index (χ3n) is 11.1. The number of nitrogens with two attached hydrogens (primary N) is 1. The Labute approximate surface area is 321 Å². The van der Waals surface area contributed by atoms with Gasteiger partial charge in [0.05, 0.1) is 22.8 Å². The smallest absolute Gasteiger partial charge is 0.287 e. The summed E-state index contributed by atoms with van der Waals surface area (Å²) in [5, 5.41) is 24.7. The van der Waals surface area contributed by atoms with Gasteiger partial charge in [0.1, 0.15) is 23.2 Å². The van der Waals surface area contributed by atoms with E-state index in [0.717, 1.165) is 32.1 Å². The van der Waals surface area contributed by atoms with Crippen molar-refractivity contribution >= 4 is 39.4 Å². The van der Waals surface area contributed by atoms with Gasteiger partial charge in [0.25, 0.3) is 11.8 Å². The number of likely N-dealkylation sites (tertiary alicyclic amines) is 1. The Kier molecular flexibility index (Phi) is 13.1. The van der Waals surface area contributed by atoms with Crippen molar-refractivity contribution in [2.24, 2.45) is 11.7 Å². The van der Waals surface area contributed by atoms with Crippen LogP contribution in [0.15, 0.2) is 35.4 Å². The molecule has 3 aliphatic rings. The predicted octanol–water partition coefficient (Wildman–Crippen LogP) is 1.17. The number of hydrogen-bond donors (Lipinski definition) is 4. The van der Waals surface area contributed by atoms with Crippen LogP contribution in [0, 0.1) is 5.92 Å². The van der Waals surface area contributed by atoms with E-state index in [-0.39, 0.29) is 68.5 Å². The van der Waals surface area contributed by atoms with Crippen LogP contribution in [0.25, 0.3) is 0 Å². The number of nitrogens with zero attached hydrogens (tertiary/aromatic N) is 5. The van der Waals surface area contributed by atoms with Gasteiger partial charge in [0.15, 0.2) is 0 Å². The fraction of sp³-hybridized carbons (Fsp3) is 0.649. The molecular weight excluding hydrogens is 733 g/mol. The molecular formula is C37H54N8O9S. The number of benzene rings is 1. The molecule has 302 valence electrons. The van der Waals surface area contributed by atoms with Gasteiger partial charge in [-0.15, -0.1) is 5.10 Å². The molecule has 5 N–H and O–H groups in total. The average Bonchev–Trinajstić information content (AvgIpc) is 3.84. The number of rotatable bonds is 15. The van der Waals surface area contributed by atoms with Crippen molar-refractivity contribution < 1.29 is 42.2 Å². The molecule has 1 saturated carbocycles. The Bertz CT molecular complexity index is 1830. The number of hydrogen-bond acceptors (Lipinski definition) is 11. The molecule has 18 heteroatoms. The normalized spacial score (nSPS) is 21.2. The van der Waals surface area contributed by atoms with Crippen LogP contribution in [-0.4, -0.2) is 118 Å². The summed E-state index contributed by atoms with van der Waals surface area (Å²) in [6.07, 6.45) is 6.48. The summed E-state index contributed by atoms with van der Waals surface area (Å²) < 4.78 is 34.4. The lowest BCUT2D eigenvalue weighted by Gasteiger charge is -2.37. The van der Waals surface area contributed by atoms with Crippen molar-refractivity contribution in [3.63, 3.8) is 0 Å². The minimum atomic E-state index is -3.76. The van der Waals surface area contributed by atoms with Gasteiger partial charge in [0.2, 0.25) is 27.6 Å². The van der Waals surface area contributed by atoms with E-state index >= 15 is 0 Å². The fourth-order valence-electron chi connectivity index (χ4n) is 8.03. The van der Waals surface area contributed by atoms with E-state index in [1.54, 1.807) is 27.7 Å². The minimum absolute atomic E-state index is 0.00586. The summed E-state index contributed by atoms with van der Waals surface area (Å²) in [6.45, 7) is 7.34. The molecule has 0 bridgehead atoms. The first-order valence-electron chi connectivity index (χ1n) is 19.1. The molecule has 0 radical (unpaired) electrons. The molecule has 2 aromatic rings. The van der Waals surface area contributed by atoms with Gasteiger partial charge in [-0.05, 0) is 50.5 Å². The Morgan fingerprint density at radius 3 is 2.27 bits per heavy atom. The van der Waals surface area contributed by atoms with Crippen molar-refractivity contribution in [3.8, 4) is 0 Å². The highest BCUT2D eigenvalue weighted by atomic mass is 32.2. The molecule has 1 aromatic heterocycles. The van der Waals surface area contributed by atoms with Gasteiger partial charge in [-0.3, -0.25) is 24.0 Å². The van der Waals surface area contributed by atoms with Crippen LogP contribution >= 0.6 is 0 Å². The van der Waals surface area contributed by atoms with E-state index < -0.39 is 68.7 Å². The number of nitrogens with one attached hydrogen (secondary N) is 2. The van der Waals surface area contributed by atoms with Crippen molar-refractivity contribution in [1.82, 2.24) is 34.8 Å². The van der Waals surface area contributed by atoms with Gasteiger partial charge >= 0.3 is 0 Å². The zero-order valence-corrected chi connectivity index (χ0v) is 32.8. The van der Waals surface area contributed by atoms with Gasteiger partial charge < -0.3 is 31.1 Å². The fourth-order valence-corrected chi connectivity index (χ4v) is 9.49. The quantitative estimate of drug-likeness (QED) is 0.187. The van der Waals surface area contributed by atoms with Gasteiger partial charge in [-0.2, -0.15) is 4.31 Å². The van der Waals surface area contributed by atoms with Crippen LogP contribution in [0.3, 0.4) is 0 Å². The summed E-state index contributed by atoms with van der Waals surface area (Å²) in [7, 11) is -3.76. The Morgan fingerprint density at radius 1 is 1.05 bits per heavy atom. The van der Waals surface area contributed by atoms with Crippen LogP contribution in [0.1, 0.15) is 108 Å². The van der Waals surface area contributed by atoms with E-state index in [1.165, 1.54) is 44.3 Å². The number of aliphatic hydroxyl groups is 1. The number of carbonyl (C=O) groups is 5. The molecule has 1 aliphatic carbocycles. The van der Waals surface area contributed by atoms with Gasteiger partial charge in [-0.25, -0.2) is 13.1 Å². The molecule has 3 heterocycles. The predicted molar refractivity (Wildman–Crippen MR) is 199 cm³/mol. The third kappa shape index (κ3) is 9.24. The molecule has 2 aliphatic heterocycles. The molecule has 0 spiro atoms. The first-order valence-corrected chi connectivity index (χ1v) is 20.5. The van der Waals surface area contributed by atoms with E-state index in [0.29, 0.717) is 12.1 Å². The highest BCUT2D eigenvalue weighted by molar-refractivity contribution is 7.89. The number of primary amides is 1. The molecule has 5 rings (SSSR count). The molecule has 1 aromatic carbocycles. The number of sulfonamides is 1. The monoisotopic (exact) mass is 786 g/mol. The second kappa shape index (κ2) is 17.3. The molecule has 2 unspecified atom stereocenters. The number of Topliss-reactive ketones (excluding diaryl/α,β-unsaturated/α-hetero) is 1. The molecule has 2 saturated heterocycles. The number of ketones is 1. The highest BCUT2D eigenvalue weighted by Gasteiger charge is 2.49. The number of aromatic nitrogens is 3. The summed E-state index contributed by atoms with van der Waals surface area (Å²) in [5.74, 6) is -3.86. The second-order valence-electron chi connectivity index (χ2n) is 15.3. The SMILES string of the molecule is CCN(CC)S(=O)(=O)c1ccc(C(=O)N[C@H](CC2CCCCC2)C(=O)N2CC(n3nncc3C(C)(C)O)CC2C(=O)NC2(C(=O)C(N)=O)CCOCC2)cc1. The summed E-state index contributed by atoms with van der Waals surface area (Å²) in [4.78, 5) is 69.7. The van der Waals surface area contributed by atoms with E-state index in [2.05, 4.69) is 20.9 Å². The maximum absolute atomic E-state index is 14.8. The lowest BCUT2D eigenvalue weighted by Crippen LogP contribution is -2.64. The van der Waals surface area contributed by atoms with Crippen molar-refractivity contribution in [1.29, 1.82) is 0 Å². The van der Waals surface area contributed by atoms with Crippen LogP contribution < -0.4 is 16.4 Å². The van der Waals surface area contributed by atoms with E-state index in [9.17, 15) is 37.5 Å². The van der Waals surface area contributed by atoms with Crippen LogP contribution in [0.4, 0.5) is 0 Å². The Hall–Kier alpha value is -4.26. The standard InChI is InChI=1S/C37H54N8O9S/c1-5-43(6-2)55(52,53)27-14-12-25(13-15-27)33(48)40-28(20-24-10-8-7-9-11-24)35(50)44-23-26(45-30(22-39-42-45)36(3,4)51)21-29(44)34(49)41-37(31(46)32(38)47)16-18-54-19-17-37/h12-15,22,24,26,28-29,51H,5-11,16-21,23H2,1-4H3,(H2,38,47)(H,40,48)(H,41,49)/t26?,28-,29?/m1/s1. The zero-order chi connectivity index (χ0) is 40.1. The minimum Gasteiger partial charge on any atom is -0.384 e. The zero-order valence-electron chi connectivity index (χ0n) is 32.0. The molecule has 3 fully saturated rings. The van der Waals surface area contributed by atoms with Crippen LogP contribution in [-0.2, 0) is 39.5 Å². The maximum Gasteiger partial charge on any atom is 0.287 e. The number of ether oxygens (including phenoxy) is 1. The van der Waals surface area contributed by atoms with Crippen LogP contribution in [0.5, 0.6) is 0 Å². The van der Waals surface area contributed by atoms with E-state index in [4.69, 9.17) is 10.5 Å². The van der Waals surface area contributed by atoms with E-state index in [1.807, 2.05) is 0 Å². The van der Waals surface area contributed by atoms with Gasteiger partial charge in [-0.1, -0.05) is 51.2 Å². The van der Waals surface area contributed by atoms with Crippen molar-refractivity contribution in [3.05, 3.63) is 41.7 Å². The van der Waals surface area contributed by atoms with Crippen molar-refractivity contribution in [2.75, 3.05) is 32.8 Å². The molecule has 4 amide bonds. The maximum atomic E-state index is 14.8. The summed E-state index contributed by atoms with van der Waals surface area (Å²) in [6, 6.07) is 2.66. The first-order chi connectivity index (χ1) is 26.0. The van der Waals surface area contributed by atoms with Crippen molar-refractivity contribution in [2.45, 2.75) is 120 Å². The first kappa shape index (κ1) is 41.9. The largest absolute Gasteiger partial charge is 0.384 e. The lowest BCUT2D eigenvalue weighted by atomic mass is 9.84. The molecule has 17 nitrogen and oxygen atoms in total. The third-order valence-corrected chi connectivity index (χ3v) is 13.2. The number of carbonyl (C=O) groups excluding carboxylic acids is 5. The topological polar surface area (TPSA) is 236 Å². The Morgan fingerprint density at radius 2 is 1.69 bits per heavy atom. The summed E-state index contributed by atoms with van der Waals surface area (Å²) >= 11 is 0.